The first kappa shape index (κ1) is 15.1. The highest BCUT2D eigenvalue weighted by molar-refractivity contribution is 6.06. The number of hydrogen-bond acceptors (Lipinski definition) is 3. The molecule has 3 rings (SSSR count). The highest BCUT2D eigenvalue weighted by atomic mass is 19.1. The molecule has 1 atom stereocenters. The topological polar surface area (TPSA) is 62.3 Å². The summed E-state index contributed by atoms with van der Waals surface area (Å²) in [5.41, 5.74) is 2.52. The molecule has 2 N–H and O–H groups in total. The van der Waals surface area contributed by atoms with Crippen molar-refractivity contribution in [2.24, 2.45) is 0 Å². The van der Waals surface area contributed by atoms with E-state index in [2.05, 4.69) is 4.98 Å². The third kappa shape index (κ3) is 2.90. The number of aromatic nitrogens is 1. The number of carbonyl (C=O) groups excluding carboxylic acids is 1. The van der Waals surface area contributed by atoms with Gasteiger partial charge in [0.15, 0.2) is 0 Å². The van der Waals surface area contributed by atoms with Gasteiger partial charge in [-0.2, -0.15) is 0 Å². The van der Waals surface area contributed by atoms with Crippen LogP contribution in [0, 0.1) is 12.7 Å². The lowest BCUT2D eigenvalue weighted by Crippen LogP contribution is -2.10. The van der Waals surface area contributed by atoms with Gasteiger partial charge in [0.2, 0.25) is 0 Å². The van der Waals surface area contributed by atoms with Gasteiger partial charge in [-0.05, 0) is 49.7 Å². The van der Waals surface area contributed by atoms with E-state index < -0.39 is 12.1 Å². The van der Waals surface area contributed by atoms with Crippen molar-refractivity contribution in [3.8, 4) is 5.75 Å². The Morgan fingerprint density at radius 2 is 1.91 bits per heavy atom. The molecule has 23 heavy (non-hydrogen) atoms. The van der Waals surface area contributed by atoms with Crippen molar-refractivity contribution in [1.82, 2.24) is 4.98 Å². The Hall–Kier alpha value is -2.82. The van der Waals surface area contributed by atoms with Crippen LogP contribution in [-0.2, 0) is 4.74 Å². The molecular weight excluding hydrogens is 297 g/mol. The molecule has 0 spiro atoms. The maximum atomic E-state index is 13.0. The maximum absolute atomic E-state index is 13.0. The fourth-order valence-corrected chi connectivity index (χ4v) is 2.60. The number of halogens is 1. The first-order chi connectivity index (χ1) is 11.0. The van der Waals surface area contributed by atoms with Crippen molar-refractivity contribution < 1.29 is 19.0 Å². The number of phenols is 1. The minimum absolute atomic E-state index is 0.0807. The lowest BCUT2D eigenvalue weighted by Gasteiger charge is -2.13. The molecule has 0 aliphatic heterocycles. The number of fused-ring (bicyclic) bond motifs is 1. The predicted octanol–water partition coefficient (Wildman–Crippen LogP) is 4.24. The molecule has 0 fully saturated rings. The average molecular weight is 313 g/mol. The Labute approximate surface area is 132 Å². The van der Waals surface area contributed by atoms with Gasteiger partial charge in [-0.25, -0.2) is 9.18 Å². The summed E-state index contributed by atoms with van der Waals surface area (Å²) in [7, 11) is 0. The SMILES string of the molecule is Cc1[nH]c2ccc(O)cc2c1C(=O)O[C@@H](C)c1ccc(F)cc1. The zero-order valence-corrected chi connectivity index (χ0v) is 12.8. The molecule has 0 aliphatic carbocycles. The Bertz CT molecular complexity index is 868. The average Bonchev–Trinajstić information content (AvgIpc) is 2.83. The van der Waals surface area contributed by atoms with Gasteiger partial charge in [-0.15, -0.1) is 0 Å². The normalized spacial score (nSPS) is 12.3. The molecule has 0 radical (unpaired) electrons. The molecule has 0 unspecified atom stereocenters. The van der Waals surface area contributed by atoms with Crippen molar-refractivity contribution >= 4 is 16.9 Å². The standard InChI is InChI=1S/C18H16FNO3/c1-10-17(15-9-14(21)7-8-16(15)20-10)18(22)23-11(2)12-3-5-13(19)6-4-12/h3-9,11,20-21H,1-2H3/t11-/m0/s1. The second kappa shape index (κ2) is 5.76. The van der Waals surface area contributed by atoms with Crippen LogP contribution in [0.1, 0.15) is 34.6 Å². The molecule has 0 bridgehead atoms. The predicted molar refractivity (Wildman–Crippen MR) is 84.9 cm³/mol. The van der Waals surface area contributed by atoms with Crippen LogP contribution in [0.15, 0.2) is 42.5 Å². The fourth-order valence-electron chi connectivity index (χ4n) is 2.60. The van der Waals surface area contributed by atoms with Gasteiger partial charge >= 0.3 is 5.97 Å². The van der Waals surface area contributed by atoms with Gasteiger partial charge in [0.1, 0.15) is 17.7 Å². The van der Waals surface area contributed by atoms with E-state index >= 15 is 0 Å². The number of phenolic OH excluding ortho intramolecular Hbond substituents is 1. The molecule has 118 valence electrons. The highest BCUT2D eigenvalue weighted by Crippen LogP contribution is 2.28. The summed E-state index contributed by atoms with van der Waals surface area (Å²) in [6.07, 6.45) is -0.509. The van der Waals surface area contributed by atoms with E-state index in [1.54, 1.807) is 38.1 Å². The maximum Gasteiger partial charge on any atom is 0.341 e. The van der Waals surface area contributed by atoms with Crippen LogP contribution >= 0.6 is 0 Å². The van der Waals surface area contributed by atoms with Gasteiger partial charge in [-0.3, -0.25) is 0 Å². The van der Waals surface area contributed by atoms with Gasteiger partial charge in [0, 0.05) is 16.6 Å². The largest absolute Gasteiger partial charge is 0.508 e. The Kier molecular flexibility index (Phi) is 3.78. The van der Waals surface area contributed by atoms with E-state index in [1.165, 1.54) is 18.2 Å². The van der Waals surface area contributed by atoms with E-state index in [0.717, 1.165) is 5.52 Å². The zero-order chi connectivity index (χ0) is 16.6. The number of H-pyrrole nitrogens is 1. The van der Waals surface area contributed by atoms with Gasteiger partial charge in [0.05, 0.1) is 5.56 Å². The monoisotopic (exact) mass is 313 g/mol. The van der Waals surface area contributed by atoms with E-state index in [4.69, 9.17) is 4.74 Å². The van der Waals surface area contributed by atoms with Crippen LogP contribution in [0.2, 0.25) is 0 Å². The van der Waals surface area contributed by atoms with Crippen LogP contribution in [0.3, 0.4) is 0 Å². The van der Waals surface area contributed by atoms with Crippen molar-refractivity contribution in [2.45, 2.75) is 20.0 Å². The third-order valence-corrected chi connectivity index (χ3v) is 3.80. The van der Waals surface area contributed by atoms with E-state index in [9.17, 15) is 14.3 Å². The van der Waals surface area contributed by atoms with Crippen LogP contribution in [0.4, 0.5) is 4.39 Å². The zero-order valence-electron chi connectivity index (χ0n) is 12.8. The number of carbonyl (C=O) groups is 1. The van der Waals surface area contributed by atoms with Crippen molar-refractivity contribution in [1.29, 1.82) is 0 Å². The summed E-state index contributed by atoms with van der Waals surface area (Å²) in [5.74, 6) is -0.747. The number of esters is 1. The molecule has 0 amide bonds. The number of ether oxygens (including phenoxy) is 1. The Morgan fingerprint density at radius 3 is 2.61 bits per heavy atom. The van der Waals surface area contributed by atoms with Crippen molar-refractivity contribution in [3.05, 3.63) is 65.1 Å². The van der Waals surface area contributed by atoms with Crippen LogP contribution in [-0.4, -0.2) is 16.1 Å². The lowest BCUT2D eigenvalue weighted by atomic mass is 10.1. The van der Waals surface area contributed by atoms with Crippen LogP contribution in [0.5, 0.6) is 5.75 Å². The number of aryl methyl sites for hydroxylation is 1. The second-order valence-corrected chi connectivity index (χ2v) is 5.45. The summed E-state index contributed by atoms with van der Waals surface area (Å²) in [6.45, 7) is 3.50. The number of nitrogens with one attached hydrogen (secondary N) is 1. The van der Waals surface area contributed by atoms with Crippen molar-refractivity contribution in [2.75, 3.05) is 0 Å². The molecule has 0 saturated carbocycles. The molecular formula is C18H16FNO3. The molecule has 0 aliphatic rings. The number of benzene rings is 2. The molecule has 3 aromatic rings. The summed E-state index contributed by atoms with van der Waals surface area (Å²) in [6, 6.07) is 10.6. The number of rotatable bonds is 3. The Morgan fingerprint density at radius 1 is 1.22 bits per heavy atom. The minimum Gasteiger partial charge on any atom is -0.508 e. The number of aromatic hydroxyl groups is 1. The molecule has 4 nitrogen and oxygen atoms in total. The summed E-state index contributed by atoms with van der Waals surface area (Å²) in [4.78, 5) is 15.6. The smallest absolute Gasteiger partial charge is 0.341 e. The first-order valence-corrected chi connectivity index (χ1v) is 7.23. The number of aromatic amines is 1. The van der Waals surface area contributed by atoms with Crippen LogP contribution in [0.25, 0.3) is 10.9 Å². The summed E-state index contributed by atoms with van der Waals surface area (Å²) < 4.78 is 18.5. The Balaban J connectivity index is 1.90. The fraction of sp³-hybridized carbons (Fsp3) is 0.167. The molecule has 1 aromatic heterocycles. The van der Waals surface area contributed by atoms with Gasteiger partial charge < -0.3 is 14.8 Å². The first-order valence-electron chi connectivity index (χ1n) is 7.23. The molecule has 0 saturated heterocycles. The molecule has 1 heterocycles. The summed E-state index contributed by atoms with van der Waals surface area (Å²) >= 11 is 0. The summed E-state index contributed by atoms with van der Waals surface area (Å²) in [5, 5.41) is 10.2. The third-order valence-electron chi connectivity index (χ3n) is 3.80. The van der Waals surface area contributed by atoms with Crippen LogP contribution < -0.4 is 0 Å². The van der Waals surface area contributed by atoms with Gasteiger partial charge in [0.25, 0.3) is 0 Å². The lowest BCUT2D eigenvalue weighted by molar-refractivity contribution is 0.0339. The quantitative estimate of drug-likeness (QED) is 0.711. The second-order valence-electron chi connectivity index (χ2n) is 5.45. The van der Waals surface area contributed by atoms with E-state index in [0.29, 0.717) is 22.2 Å². The highest BCUT2D eigenvalue weighted by Gasteiger charge is 2.20. The minimum atomic E-state index is -0.509. The molecule has 5 heteroatoms. The van der Waals surface area contributed by atoms with E-state index in [1.807, 2.05) is 0 Å². The van der Waals surface area contributed by atoms with Crippen molar-refractivity contribution in [3.63, 3.8) is 0 Å². The molecule has 2 aromatic carbocycles. The van der Waals surface area contributed by atoms with E-state index in [-0.39, 0.29) is 11.6 Å². The number of hydrogen-bond donors (Lipinski definition) is 2. The van der Waals surface area contributed by atoms with Gasteiger partial charge in [-0.1, -0.05) is 12.1 Å².